The summed E-state index contributed by atoms with van der Waals surface area (Å²) in [7, 11) is 0. The molecular weight excluding hydrogens is 380 g/mol. The Morgan fingerprint density at radius 1 is 0.800 bits per heavy atom. The molecule has 0 aliphatic carbocycles. The summed E-state index contributed by atoms with van der Waals surface area (Å²) in [5.41, 5.74) is 0.796. The Kier molecular flexibility index (Phi) is 6.83. The normalized spacial score (nSPS) is 12.1. The number of fused-ring (bicyclic) bond motifs is 2. The van der Waals surface area contributed by atoms with Crippen molar-refractivity contribution in [1.82, 2.24) is 0 Å². The molecule has 5 heteroatoms. The lowest BCUT2D eigenvalue weighted by Crippen LogP contribution is -2.34. The van der Waals surface area contributed by atoms with Gasteiger partial charge in [0.25, 0.3) is 0 Å². The molecule has 1 atom stereocenters. The monoisotopic (exact) mass is 406 g/mol. The van der Waals surface area contributed by atoms with E-state index >= 15 is 0 Å². The summed E-state index contributed by atoms with van der Waals surface area (Å²) < 4.78 is 10.5. The predicted molar refractivity (Wildman–Crippen MR) is 116 cm³/mol. The minimum Gasteiger partial charge on any atom is -0.465 e. The molecule has 1 unspecified atom stereocenters. The highest BCUT2D eigenvalue weighted by Gasteiger charge is 2.40. The van der Waals surface area contributed by atoms with E-state index in [0.29, 0.717) is 0 Å². The molecule has 0 radical (unpaired) electrons. The zero-order chi connectivity index (χ0) is 21.7. The second-order valence-electron chi connectivity index (χ2n) is 7.23. The molecule has 30 heavy (non-hydrogen) atoms. The SMILES string of the molecule is CCOC(=O)C(C(=O)OCC)C(CC(C)=O)c1c2ccccc2cc2ccccc12. The van der Waals surface area contributed by atoms with Crippen LogP contribution in [0.25, 0.3) is 21.5 Å². The van der Waals surface area contributed by atoms with E-state index in [0.717, 1.165) is 27.1 Å². The average Bonchev–Trinajstić information content (AvgIpc) is 2.71. The Balaban J connectivity index is 2.33. The van der Waals surface area contributed by atoms with E-state index in [1.165, 1.54) is 6.92 Å². The summed E-state index contributed by atoms with van der Waals surface area (Å²) >= 11 is 0. The van der Waals surface area contributed by atoms with E-state index in [9.17, 15) is 14.4 Å². The fraction of sp³-hybridized carbons (Fsp3) is 0.320. The van der Waals surface area contributed by atoms with Crippen LogP contribution >= 0.6 is 0 Å². The quantitative estimate of drug-likeness (QED) is 0.305. The number of hydrogen-bond acceptors (Lipinski definition) is 5. The van der Waals surface area contributed by atoms with E-state index in [2.05, 4.69) is 6.07 Å². The Labute approximate surface area is 176 Å². The van der Waals surface area contributed by atoms with Gasteiger partial charge in [-0.3, -0.25) is 9.59 Å². The minimum absolute atomic E-state index is 0.0281. The third-order valence-electron chi connectivity index (χ3n) is 5.17. The second-order valence-corrected chi connectivity index (χ2v) is 7.23. The zero-order valence-electron chi connectivity index (χ0n) is 17.5. The van der Waals surface area contributed by atoms with Crippen molar-refractivity contribution in [3.05, 3.63) is 60.2 Å². The van der Waals surface area contributed by atoms with Crippen LogP contribution in [0.15, 0.2) is 54.6 Å². The second kappa shape index (κ2) is 9.53. The van der Waals surface area contributed by atoms with Gasteiger partial charge in [-0.15, -0.1) is 0 Å². The topological polar surface area (TPSA) is 69.7 Å². The van der Waals surface area contributed by atoms with Crippen LogP contribution in [0.1, 0.15) is 38.7 Å². The lowest BCUT2D eigenvalue weighted by Gasteiger charge is -2.26. The van der Waals surface area contributed by atoms with Crippen molar-refractivity contribution in [2.75, 3.05) is 13.2 Å². The number of rotatable bonds is 8. The maximum Gasteiger partial charge on any atom is 0.320 e. The molecule has 0 N–H and O–H groups in total. The summed E-state index contributed by atoms with van der Waals surface area (Å²) in [4.78, 5) is 38.0. The van der Waals surface area contributed by atoms with Crippen molar-refractivity contribution < 1.29 is 23.9 Å². The van der Waals surface area contributed by atoms with E-state index in [1.54, 1.807) is 13.8 Å². The zero-order valence-corrected chi connectivity index (χ0v) is 17.5. The smallest absolute Gasteiger partial charge is 0.320 e. The molecule has 0 amide bonds. The highest BCUT2D eigenvalue weighted by molar-refractivity contribution is 6.05. The predicted octanol–water partition coefficient (Wildman–Crippen LogP) is 4.80. The molecule has 0 aromatic heterocycles. The number of carbonyl (C=O) groups excluding carboxylic acids is 3. The molecule has 0 heterocycles. The number of ketones is 1. The highest BCUT2D eigenvalue weighted by atomic mass is 16.6. The van der Waals surface area contributed by atoms with Crippen LogP contribution in [-0.2, 0) is 23.9 Å². The third-order valence-corrected chi connectivity index (χ3v) is 5.17. The fourth-order valence-electron chi connectivity index (χ4n) is 4.03. The maximum absolute atomic E-state index is 12.9. The number of ether oxygens (including phenoxy) is 2. The standard InChI is InChI=1S/C25H26O5/c1-4-29-24(27)23(25(28)30-5-2)21(14-16(3)26)22-19-12-8-6-10-17(19)15-18-11-7-9-13-20(18)22/h6-13,15,21,23H,4-5,14H2,1-3H3. The molecule has 3 rings (SSSR count). The van der Waals surface area contributed by atoms with Crippen LogP contribution in [0.3, 0.4) is 0 Å². The molecule has 0 bridgehead atoms. The largest absolute Gasteiger partial charge is 0.465 e. The summed E-state index contributed by atoms with van der Waals surface area (Å²) in [5.74, 6) is -3.37. The highest BCUT2D eigenvalue weighted by Crippen LogP contribution is 2.40. The van der Waals surface area contributed by atoms with E-state index in [-0.39, 0.29) is 25.4 Å². The van der Waals surface area contributed by atoms with Crippen LogP contribution in [0, 0.1) is 5.92 Å². The molecule has 156 valence electrons. The van der Waals surface area contributed by atoms with Gasteiger partial charge < -0.3 is 14.3 Å². The van der Waals surface area contributed by atoms with Gasteiger partial charge in [0.2, 0.25) is 0 Å². The molecule has 5 nitrogen and oxygen atoms in total. The van der Waals surface area contributed by atoms with Crippen LogP contribution in [0.2, 0.25) is 0 Å². The van der Waals surface area contributed by atoms with Crippen molar-refractivity contribution in [3.8, 4) is 0 Å². The first kappa shape index (κ1) is 21.5. The Morgan fingerprint density at radius 2 is 1.27 bits per heavy atom. The van der Waals surface area contributed by atoms with Crippen molar-refractivity contribution in [2.45, 2.75) is 33.1 Å². The Hall–Kier alpha value is -3.21. The van der Waals surface area contributed by atoms with Crippen molar-refractivity contribution >= 4 is 39.3 Å². The Bertz CT molecular complexity index is 1010. The average molecular weight is 406 g/mol. The minimum atomic E-state index is -1.22. The van der Waals surface area contributed by atoms with Gasteiger partial charge in [-0.1, -0.05) is 48.5 Å². The van der Waals surface area contributed by atoms with Gasteiger partial charge in [-0.2, -0.15) is 0 Å². The van der Waals surface area contributed by atoms with Gasteiger partial charge in [0, 0.05) is 12.3 Å². The maximum atomic E-state index is 12.9. The van der Waals surface area contributed by atoms with E-state index < -0.39 is 23.8 Å². The van der Waals surface area contributed by atoms with Gasteiger partial charge in [0.15, 0.2) is 5.92 Å². The lowest BCUT2D eigenvalue weighted by atomic mass is 9.78. The first-order valence-corrected chi connectivity index (χ1v) is 10.2. The van der Waals surface area contributed by atoms with Gasteiger partial charge in [-0.25, -0.2) is 0 Å². The molecule has 0 aliphatic rings. The van der Waals surface area contributed by atoms with Gasteiger partial charge in [0.1, 0.15) is 5.78 Å². The Morgan fingerprint density at radius 3 is 1.70 bits per heavy atom. The summed E-state index contributed by atoms with van der Waals surface area (Å²) in [5, 5.41) is 3.76. The first-order valence-electron chi connectivity index (χ1n) is 10.2. The molecule has 0 aliphatic heterocycles. The number of carbonyl (C=O) groups is 3. The number of Topliss-reactive ketones (excluding diaryl/α,β-unsaturated/α-hetero) is 1. The number of hydrogen-bond donors (Lipinski definition) is 0. The number of benzene rings is 3. The van der Waals surface area contributed by atoms with Crippen LogP contribution in [0.4, 0.5) is 0 Å². The third kappa shape index (κ3) is 4.35. The lowest BCUT2D eigenvalue weighted by molar-refractivity contribution is -0.162. The summed E-state index contributed by atoms with van der Waals surface area (Å²) in [6, 6.07) is 17.7. The van der Waals surface area contributed by atoms with Crippen molar-refractivity contribution in [2.24, 2.45) is 5.92 Å². The van der Waals surface area contributed by atoms with Crippen LogP contribution in [0.5, 0.6) is 0 Å². The number of esters is 2. The van der Waals surface area contributed by atoms with Gasteiger partial charge in [-0.05, 0) is 53.9 Å². The molecular formula is C25H26O5. The molecule has 0 saturated carbocycles. The molecule has 0 spiro atoms. The fourth-order valence-corrected chi connectivity index (χ4v) is 4.03. The summed E-state index contributed by atoms with van der Waals surface area (Å²) in [6.07, 6.45) is 0.0281. The first-order chi connectivity index (χ1) is 14.5. The van der Waals surface area contributed by atoms with E-state index in [4.69, 9.17) is 9.47 Å². The molecule has 0 saturated heterocycles. The van der Waals surface area contributed by atoms with Gasteiger partial charge >= 0.3 is 11.9 Å². The van der Waals surface area contributed by atoms with Crippen LogP contribution in [-0.4, -0.2) is 30.9 Å². The van der Waals surface area contributed by atoms with Crippen molar-refractivity contribution in [3.63, 3.8) is 0 Å². The van der Waals surface area contributed by atoms with Crippen LogP contribution < -0.4 is 0 Å². The van der Waals surface area contributed by atoms with Gasteiger partial charge in [0.05, 0.1) is 13.2 Å². The molecule has 3 aromatic carbocycles. The van der Waals surface area contributed by atoms with E-state index in [1.807, 2.05) is 48.5 Å². The molecule has 0 fully saturated rings. The molecule has 3 aromatic rings. The van der Waals surface area contributed by atoms with Crippen molar-refractivity contribution in [1.29, 1.82) is 0 Å². The summed E-state index contributed by atoms with van der Waals surface area (Å²) in [6.45, 7) is 5.12.